The standard InChI is InChI=1S/C22H31ClN4O6S2/c1-2-33-15-20(28)24-13-16-5-3-11-27(16)21(29)14-26-10-4-6-18(22(26)30)25-35(31,32)12-9-17-7-8-19(23)34-17/h7-9,12,16,18,25H,2-6,10-11,13-15H2,1H3,(H,24,28)/t16-,18-/m0/s1. The number of nitrogens with one attached hydrogen (secondary N) is 2. The maximum absolute atomic E-state index is 13.0. The van der Waals surface area contributed by atoms with Crippen molar-refractivity contribution in [2.24, 2.45) is 0 Å². The Balaban J connectivity index is 1.53. The first-order chi connectivity index (χ1) is 16.7. The highest BCUT2D eigenvalue weighted by atomic mass is 35.5. The summed E-state index contributed by atoms with van der Waals surface area (Å²) in [6.07, 6.45) is 3.94. The van der Waals surface area contributed by atoms with Gasteiger partial charge < -0.3 is 19.9 Å². The van der Waals surface area contributed by atoms with Gasteiger partial charge in [0.1, 0.15) is 12.6 Å². The molecule has 0 spiro atoms. The number of hydrogen-bond donors (Lipinski definition) is 2. The van der Waals surface area contributed by atoms with Gasteiger partial charge in [0.05, 0.1) is 10.9 Å². The van der Waals surface area contributed by atoms with Crippen molar-refractivity contribution >= 4 is 56.8 Å². The molecular weight excluding hydrogens is 516 g/mol. The molecule has 35 heavy (non-hydrogen) atoms. The second-order valence-corrected chi connectivity index (χ2v) is 11.7. The van der Waals surface area contributed by atoms with Crippen molar-refractivity contribution in [2.45, 2.75) is 44.7 Å². The molecule has 0 aliphatic carbocycles. The van der Waals surface area contributed by atoms with E-state index < -0.39 is 22.0 Å². The van der Waals surface area contributed by atoms with E-state index in [1.54, 1.807) is 24.0 Å². The van der Waals surface area contributed by atoms with E-state index in [1.165, 1.54) is 22.3 Å². The number of carbonyl (C=O) groups is 3. The highest BCUT2D eigenvalue weighted by Gasteiger charge is 2.35. The summed E-state index contributed by atoms with van der Waals surface area (Å²) in [7, 11) is -3.86. The highest BCUT2D eigenvalue weighted by molar-refractivity contribution is 7.92. The number of piperidine rings is 1. The van der Waals surface area contributed by atoms with Crippen LogP contribution in [-0.4, -0.2) is 87.4 Å². The van der Waals surface area contributed by atoms with Crippen LogP contribution < -0.4 is 10.0 Å². The van der Waals surface area contributed by atoms with E-state index in [0.29, 0.717) is 48.3 Å². The minimum absolute atomic E-state index is 0.0208. The first-order valence-electron chi connectivity index (χ1n) is 11.6. The summed E-state index contributed by atoms with van der Waals surface area (Å²) in [5.41, 5.74) is 0. The molecule has 13 heteroatoms. The Labute approximate surface area is 214 Å². The lowest BCUT2D eigenvalue weighted by atomic mass is 10.1. The van der Waals surface area contributed by atoms with E-state index in [1.807, 2.05) is 0 Å². The van der Waals surface area contributed by atoms with Crippen molar-refractivity contribution in [1.29, 1.82) is 0 Å². The number of amides is 3. The Hall–Kier alpha value is -1.99. The van der Waals surface area contributed by atoms with Gasteiger partial charge >= 0.3 is 0 Å². The van der Waals surface area contributed by atoms with Gasteiger partial charge in [0, 0.05) is 42.6 Å². The number of halogens is 1. The van der Waals surface area contributed by atoms with Crippen molar-refractivity contribution in [2.75, 3.05) is 39.4 Å². The van der Waals surface area contributed by atoms with E-state index in [9.17, 15) is 22.8 Å². The van der Waals surface area contributed by atoms with Crippen LogP contribution in [0.2, 0.25) is 4.34 Å². The quantitative estimate of drug-likeness (QED) is 0.432. The molecule has 0 unspecified atom stereocenters. The molecule has 2 aliphatic heterocycles. The first kappa shape index (κ1) is 27.6. The van der Waals surface area contributed by atoms with Gasteiger partial charge in [0.25, 0.3) is 0 Å². The fourth-order valence-electron chi connectivity index (χ4n) is 4.13. The molecule has 0 saturated carbocycles. The molecule has 3 amide bonds. The number of thiophene rings is 1. The lowest BCUT2D eigenvalue weighted by molar-refractivity contribution is -0.143. The van der Waals surface area contributed by atoms with E-state index >= 15 is 0 Å². The summed E-state index contributed by atoms with van der Waals surface area (Å²) in [6.45, 7) is 3.38. The Morgan fingerprint density at radius 3 is 2.74 bits per heavy atom. The molecule has 0 radical (unpaired) electrons. The topological polar surface area (TPSA) is 125 Å². The summed E-state index contributed by atoms with van der Waals surface area (Å²) in [6, 6.07) is 2.31. The second-order valence-electron chi connectivity index (χ2n) is 8.39. The van der Waals surface area contributed by atoms with Gasteiger partial charge in [0.2, 0.25) is 27.7 Å². The number of ether oxygens (including phenoxy) is 1. The van der Waals surface area contributed by atoms with Crippen LogP contribution in [0.3, 0.4) is 0 Å². The SMILES string of the molecule is CCOCC(=O)NC[C@@H]1CCCN1C(=O)CN1CCC[C@H](NS(=O)(=O)C=Cc2ccc(Cl)s2)C1=O. The summed E-state index contributed by atoms with van der Waals surface area (Å²) in [5, 5.41) is 3.80. The highest BCUT2D eigenvalue weighted by Crippen LogP contribution is 2.23. The fourth-order valence-corrected chi connectivity index (χ4v) is 6.20. The van der Waals surface area contributed by atoms with Crippen molar-refractivity contribution in [3.63, 3.8) is 0 Å². The molecule has 3 heterocycles. The van der Waals surface area contributed by atoms with Gasteiger partial charge in [-0.05, 0) is 50.8 Å². The normalized spacial score (nSPS) is 21.1. The number of rotatable bonds is 11. The van der Waals surface area contributed by atoms with E-state index in [-0.39, 0.29) is 31.0 Å². The molecule has 194 valence electrons. The van der Waals surface area contributed by atoms with Gasteiger partial charge in [-0.2, -0.15) is 4.72 Å². The molecule has 0 aromatic carbocycles. The molecule has 2 N–H and O–H groups in total. The van der Waals surface area contributed by atoms with Crippen LogP contribution in [0.5, 0.6) is 0 Å². The largest absolute Gasteiger partial charge is 0.372 e. The average Bonchev–Trinajstić information content (AvgIpc) is 3.46. The summed E-state index contributed by atoms with van der Waals surface area (Å²) >= 11 is 7.11. The summed E-state index contributed by atoms with van der Waals surface area (Å²) < 4.78 is 33.0. The molecule has 10 nitrogen and oxygen atoms in total. The van der Waals surface area contributed by atoms with Gasteiger partial charge in [-0.3, -0.25) is 14.4 Å². The predicted octanol–water partition coefficient (Wildman–Crippen LogP) is 1.43. The zero-order valence-corrected chi connectivity index (χ0v) is 22.0. The molecule has 2 fully saturated rings. The van der Waals surface area contributed by atoms with Crippen LogP contribution in [-0.2, 0) is 29.1 Å². The average molecular weight is 547 g/mol. The lowest BCUT2D eigenvalue weighted by Crippen LogP contribution is -2.55. The van der Waals surface area contributed by atoms with E-state index in [2.05, 4.69) is 10.0 Å². The predicted molar refractivity (Wildman–Crippen MR) is 134 cm³/mol. The van der Waals surface area contributed by atoms with Crippen LogP contribution in [0.25, 0.3) is 6.08 Å². The van der Waals surface area contributed by atoms with Crippen LogP contribution in [0.1, 0.15) is 37.5 Å². The van der Waals surface area contributed by atoms with Crippen molar-refractivity contribution in [3.8, 4) is 0 Å². The third-order valence-electron chi connectivity index (χ3n) is 5.84. The Bertz CT molecular complexity index is 1040. The van der Waals surface area contributed by atoms with E-state index in [0.717, 1.165) is 18.2 Å². The monoisotopic (exact) mass is 546 g/mol. The summed E-state index contributed by atoms with van der Waals surface area (Å²) in [5.74, 6) is -0.858. The molecule has 2 saturated heterocycles. The zero-order chi connectivity index (χ0) is 25.4. The van der Waals surface area contributed by atoms with Crippen molar-refractivity contribution in [3.05, 3.63) is 26.8 Å². The maximum Gasteiger partial charge on any atom is 0.246 e. The van der Waals surface area contributed by atoms with Crippen molar-refractivity contribution < 1.29 is 27.5 Å². The second kappa shape index (κ2) is 12.8. The zero-order valence-electron chi connectivity index (χ0n) is 19.6. The minimum atomic E-state index is -3.86. The molecule has 2 aliphatic rings. The smallest absolute Gasteiger partial charge is 0.246 e. The Morgan fingerprint density at radius 1 is 1.26 bits per heavy atom. The number of sulfonamides is 1. The molecule has 1 aromatic heterocycles. The fraction of sp³-hybridized carbons (Fsp3) is 0.591. The number of nitrogens with zero attached hydrogens (tertiary/aromatic N) is 2. The first-order valence-corrected chi connectivity index (χ1v) is 14.3. The molecule has 0 bridgehead atoms. The molecule has 1 aromatic rings. The molecule has 2 atom stereocenters. The Kier molecular flexibility index (Phi) is 10.1. The van der Waals surface area contributed by atoms with Crippen LogP contribution in [0.15, 0.2) is 17.5 Å². The van der Waals surface area contributed by atoms with Gasteiger partial charge in [-0.1, -0.05) is 11.6 Å². The third kappa shape index (κ3) is 8.28. The van der Waals surface area contributed by atoms with Crippen LogP contribution in [0.4, 0.5) is 0 Å². The Morgan fingerprint density at radius 2 is 2.03 bits per heavy atom. The third-order valence-corrected chi connectivity index (χ3v) is 8.14. The van der Waals surface area contributed by atoms with Gasteiger partial charge in [-0.15, -0.1) is 11.3 Å². The van der Waals surface area contributed by atoms with Gasteiger partial charge in [-0.25, -0.2) is 8.42 Å². The number of likely N-dealkylation sites (tertiary alicyclic amines) is 2. The number of carbonyl (C=O) groups excluding carboxylic acids is 3. The van der Waals surface area contributed by atoms with Crippen LogP contribution in [0, 0.1) is 0 Å². The van der Waals surface area contributed by atoms with Crippen molar-refractivity contribution in [1.82, 2.24) is 19.8 Å². The minimum Gasteiger partial charge on any atom is -0.372 e. The molecular formula is C22H31ClN4O6S2. The van der Waals surface area contributed by atoms with Gasteiger partial charge in [0.15, 0.2) is 0 Å². The maximum atomic E-state index is 13.0. The number of hydrogen-bond acceptors (Lipinski definition) is 7. The summed E-state index contributed by atoms with van der Waals surface area (Å²) in [4.78, 5) is 41.5. The van der Waals surface area contributed by atoms with E-state index in [4.69, 9.17) is 16.3 Å². The lowest BCUT2D eigenvalue weighted by Gasteiger charge is -2.34. The molecule has 3 rings (SSSR count). The van der Waals surface area contributed by atoms with Crippen LogP contribution >= 0.6 is 22.9 Å².